The number of nitrogens with one attached hydrogen (secondary N) is 1. The second-order valence-corrected chi connectivity index (χ2v) is 5.81. The van der Waals surface area contributed by atoms with Crippen LogP contribution in [0.5, 0.6) is 0 Å². The summed E-state index contributed by atoms with van der Waals surface area (Å²) in [6, 6.07) is 8.58. The first kappa shape index (κ1) is 14.4. The highest BCUT2D eigenvalue weighted by molar-refractivity contribution is 5.85. The minimum absolute atomic E-state index is 0.184. The average Bonchev–Trinajstić information content (AvgIpc) is 2.49. The van der Waals surface area contributed by atoms with E-state index in [4.69, 9.17) is 10.6 Å². The Morgan fingerprint density at radius 3 is 3.00 bits per heavy atom. The molecule has 2 aromatic rings. The van der Waals surface area contributed by atoms with E-state index in [1.807, 2.05) is 12.4 Å². The van der Waals surface area contributed by atoms with Crippen LogP contribution < -0.4 is 11.3 Å². The molecule has 1 fully saturated rings. The zero-order valence-electron chi connectivity index (χ0n) is 12.5. The Hall–Kier alpha value is -1.49. The second kappa shape index (κ2) is 6.52. The second-order valence-electron chi connectivity index (χ2n) is 5.81. The van der Waals surface area contributed by atoms with E-state index >= 15 is 0 Å². The zero-order chi connectivity index (χ0) is 14.7. The summed E-state index contributed by atoms with van der Waals surface area (Å²) in [6.45, 7) is 2.87. The van der Waals surface area contributed by atoms with Gasteiger partial charge in [-0.2, -0.15) is 0 Å². The Balaban J connectivity index is 1.74. The molecule has 1 aromatic heterocycles. The van der Waals surface area contributed by atoms with Crippen molar-refractivity contribution in [2.75, 3.05) is 6.61 Å². The third-order valence-electron chi connectivity index (χ3n) is 4.45. The SMILES string of the molecule is CCOC1CC(CC(NN)c2cccc3cnccc23)C1. The van der Waals surface area contributed by atoms with Crippen molar-refractivity contribution in [3.8, 4) is 0 Å². The van der Waals surface area contributed by atoms with Gasteiger partial charge in [-0.25, -0.2) is 0 Å². The number of rotatable bonds is 6. The zero-order valence-corrected chi connectivity index (χ0v) is 12.5. The van der Waals surface area contributed by atoms with Crippen LogP contribution in [0.3, 0.4) is 0 Å². The normalized spacial score (nSPS) is 23.0. The summed E-state index contributed by atoms with van der Waals surface area (Å²) in [5.74, 6) is 6.51. The summed E-state index contributed by atoms with van der Waals surface area (Å²) >= 11 is 0. The molecule has 3 rings (SSSR count). The number of nitrogens with two attached hydrogens (primary N) is 1. The molecular formula is C17H23N3O. The number of hydrogen-bond donors (Lipinski definition) is 2. The number of benzene rings is 1. The fraction of sp³-hybridized carbons (Fsp3) is 0.471. The lowest BCUT2D eigenvalue weighted by Crippen LogP contribution is -2.36. The predicted octanol–water partition coefficient (Wildman–Crippen LogP) is 2.94. The average molecular weight is 285 g/mol. The molecule has 0 amide bonds. The van der Waals surface area contributed by atoms with E-state index < -0.39 is 0 Å². The van der Waals surface area contributed by atoms with Crippen LogP contribution in [0.2, 0.25) is 0 Å². The minimum Gasteiger partial charge on any atom is -0.378 e. The molecule has 1 saturated carbocycles. The van der Waals surface area contributed by atoms with Gasteiger partial charge in [0.25, 0.3) is 0 Å². The van der Waals surface area contributed by atoms with Crippen LogP contribution in [0.4, 0.5) is 0 Å². The van der Waals surface area contributed by atoms with Crippen molar-refractivity contribution in [3.63, 3.8) is 0 Å². The van der Waals surface area contributed by atoms with E-state index in [2.05, 4.69) is 41.6 Å². The van der Waals surface area contributed by atoms with Crippen LogP contribution in [-0.2, 0) is 4.74 Å². The largest absolute Gasteiger partial charge is 0.378 e. The van der Waals surface area contributed by atoms with E-state index in [0.717, 1.165) is 31.3 Å². The molecule has 0 bridgehead atoms. The van der Waals surface area contributed by atoms with Gasteiger partial charge in [0.05, 0.1) is 6.10 Å². The number of hydrogen-bond acceptors (Lipinski definition) is 4. The molecule has 0 saturated heterocycles. The third kappa shape index (κ3) is 3.07. The van der Waals surface area contributed by atoms with Crippen molar-refractivity contribution >= 4 is 10.8 Å². The summed E-state index contributed by atoms with van der Waals surface area (Å²) in [5.41, 5.74) is 4.26. The van der Waals surface area contributed by atoms with Crippen molar-refractivity contribution < 1.29 is 4.74 Å². The lowest BCUT2D eigenvalue weighted by Gasteiger charge is -2.37. The van der Waals surface area contributed by atoms with Gasteiger partial charge in [-0.05, 0) is 49.1 Å². The summed E-state index contributed by atoms with van der Waals surface area (Å²) in [6.07, 6.45) is 7.56. The van der Waals surface area contributed by atoms with Crippen LogP contribution in [-0.4, -0.2) is 17.7 Å². The molecule has 4 nitrogen and oxygen atoms in total. The number of hydrazine groups is 1. The Morgan fingerprint density at radius 2 is 2.24 bits per heavy atom. The van der Waals surface area contributed by atoms with Crippen LogP contribution in [0, 0.1) is 5.92 Å². The summed E-state index contributed by atoms with van der Waals surface area (Å²) < 4.78 is 5.64. The molecule has 1 aliphatic carbocycles. The molecule has 1 aliphatic rings. The highest BCUT2D eigenvalue weighted by atomic mass is 16.5. The highest BCUT2D eigenvalue weighted by Crippen LogP contribution is 2.38. The van der Waals surface area contributed by atoms with Crippen LogP contribution >= 0.6 is 0 Å². The monoisotopic (exact) mass is 285 g/mol. The quantitative estimate of drug-likeness (QED) is 0.633. The van der Waals surface area contributed by atoms with Gasteiger partial charge >= 0.3 is 0 Å². The lowest BCUT2D eigenvalue weighted by atomic mass is 9.77. The van der Waals surface area contributed by atoms with E-state index in [1.165, 1.54) is 10.9 Å². The molecule has 0 radical (unpaired) electrons. The van der Waals surface area contributed by atoms with Crippen LogP contribution in [0.15, 0.2) is 36.7 Å². The first-order chi connectivity index (χ1) is 10.3. The fourth-order valence-corrected chi connectivity index (χ4v) is 3.31. The Morgan fingerprint density at radius 1 is 1.38 bits per heavy atom. The topological polar surface area (TPSA) is 60.2 Å². The van der Waals surface area contributed by atoms with E-state index in [9.17, 15) is 0 Å². The molecule has 4 heteroatoms. The van der Waals surface area contributed by atoms with Gasteiger partial charge in [-0.15, -0.1) is 0 Å². The van der Waals surface area contributed by atoms with Crippen molar-refractivity contribution in [1.29, 1.82) is 0 Å². The number of pyridine rings is 1. The van der Waals surface area contributed by atoms with Crippen molar-refractivity contribution in [1.82, 2.24) is 10.4 Å². The first-order valence-electron chi connectivity index (χ1n) is 7.72. The Bertz CT molecular complexity index is 590. The Labute approximate surface area is 125 Å². The first-order valence-corrected chi connectivity index (χ1v) is 7.72. The molecule has 1 atom stereocenters. The molecule has 1 unspecified atom stereocenters. The molecule has 112 valence electrons. The third-order valence-corrected chi connectivity index (χ3v) is 4.45. The molecular weight excluding hydrogens is 262 g/mol. The summed E-state index contributed by atoms with van der Waals surface area (Å²) in [7, 11) is 0. The standard InChI is InChI=1S/C17H23N3O/c1-2-21-14-8-12(9-14)10-17(20-18)16-5-3-4-13-11-19-7-6-15(13)16/h3-7,11-12,14,17,20H,2,8-10,18H2,1H3. The summed E-state index contributed by atoms with van der Waals surface area (Å²) in [4.78, 5) is 4.19. The fourth-order valence-electron chi connectivity index (χ4n) is 3.31. The Kier molecular flexibility index (Phi) is 4.48. The van der Waals surface area contributed by atoms with Gasteiger partial charge in [0.2, 0.25) is 0 Å². The predicted molar refractivity (Wildman–Crippen MR) is 84.6 cm³/mol. The molecule has 1 heterocycles. The number of fused-ring (bicyclic) bond motifs is 1. The van der Waals surface area contributed by atoms with Crippen molar-refractivity contribution in [2.45, 2.75) is 38.3 Å². The van der Waals surface area contributed by atoms with Gasteiger partial charge < -0.3 is 4.74 Å². The molecule has 1 aromatic carbocycles. The maximum atomic E-state index is 5.82. The number of nitrogens with zero attached hydrogens (tertiary/aromatic N) is 1. The van der Waals surface area contributed by atoms with Gasteiger partial charge in [0.15, 0.2) is 0 Å². The van der Waals surface area contributed by atoms with Gasteiger partial charge in [-0.1, -0.05) is 18.2 Å². The minimum atomic E-state index is 0.184. The van der Waals surface area contributed by atoms with E-state index in [0.29, 0.717) is 12.0 Å². The van der Waals surface area contributed by atoms with Gasteiger partial charge in [0, 0.05) is 30.4 Å². The summed E-state index contributed by atoms with van der Waals surface area (Å²) in [5, 5.41) is 2.40. The van der Waals surface area contributed by atoms with Crippen molar-refractivity contribution in [2.24, 2.45) is 11.8 Å². The van der Waals surface area contributed by atoms with E-state index in [-0.39, 0.29) is 6.04 Å². The molecule has 21 heavy (non-hydrogen) atoms. The molecule has 3 N–H and O–H groups in total. The maximum absolute atomic E-state index is 5.82. The van der Waals surface area contributed by atoms with Gasteiger partial charge in [0.1, 0.15) is 0 Å². The lowest BCUT2D eigenvalue weighted by molar-refractivity contribution is -0.0291. The number of aromatic nitrogens is 1. The molecule has 0 spiro atoms. The van der Waals surface area contributed by atoms with Crippen LogP contribution in [0.25, 0.3) is 10.8 Å². The van der Waals surface area contributed by atoms with Gasteiger partial charge in [-0.3, -0.25) is 16.3 Å². The maximum Gasteiger partial charge on any atom is 0.0580 e. The smallest absolute Gasteiger partial charge is 0.0580 e. The van der Waals surface area contributed by atoms with Crippen LogP contribution in [0.1, 0.15) is 37.8 Å². The number of ether oxygens (including phenoxy) is 1. The highest BCUT2D eigenvalue weighted by Gasteiger charge is 2.31. The molecule has 0 aliphatic heterocycles. The van der Waals surface area contributed by atoms with Crippen molar-refractivity contribution in [3.05, 3.63) is 42.2 Å². The van der Waals surface area contributed by atoms with E-state index in [1.54, 1.807) is 0 Å².